The van der Waals surface area contributed by atoms with Crippen LogP contribution >= 0.6 is 0 Å². The van der Waals surface area contributed by atoms with Crippen molar-refractivity contribution in [1.82, 2.24) is 15.5 Å². The van der Waals surface area contributed by atoms with E-state index in [0.717, 1.165) is 24.4 Å². The number of nitrogens with zero attached hydrogens (tertiary/aromatic N) is 1. The average molecular weight is 259 g/mol. The molecule has 1 aromatic carbocycles. The first-order valence-corrected chi connectivity index (χ1v) is 6.61. The lowest BCUT2D eigenvalue weighted by atomic mass is 10.0. The van der Waals surface area contributed by atoms with Gasteiger partial charge in [0.25, 0.3) is 0 Å². The molecule has 0 saturated heterocycles. The van der Waals surface area contributed by atoms with Crippen LogP contribution in [0.5, 0.6) is 5.75 Å². The van der Waals surface area contributed by atoms with Crippen molar-refractivity contribution in [2.45, 2.75) is 32.9 Å². The predicted molar refractivity (Wildman–Crippen MR) is 76.2 cm³/mol. The first kappa shape index (κ1) is 13.6. The Morgan fingerprint density at radius 1 is 1.37 bits per heavy atom. The van der Waals surface area contributed by atoms with Crippen molar-refractivity contribution in [3.8, 4) is 5.75 Å². The molecule has 0 fully saturated rings. The van der Waals surface area contributed by atoms with Crippen molar-refractivity contribution in [1.29, 1.82) is 0 Å². The number of rotatable bonds is 6. The molecule has 1 heterocycles. The largest absolute Gasteiger partial charge is 0.496 e. The maximum Gasteiger partial charge on any atom is 0.123 e. The van der Waals surface area contributed by atoms with E-state index < -0.39 is 0 Å². The Morgan fingerprint density at radius 3 is 2.79 bits per heavy atom. The molecule has 4 heteroatoms. The van der Waals surface area contributed by atoms with Gasteiger partial charge in [-0.1, -0.05) is 25.1 Å². The monoisotopic (exact) mass is 259 g/mol. The van der Waals surface area contributed by atoms with E-state index in [1.165, 1.54) is 11.1 Å². The van der Waals surface area contributed by atoms with Crippen molar-refractivity contribution in [3.63, 3.8) is 0 Å². The molecule has 0 radical (unpaired) electrons. The molecule has 2 N–H and O–H groups in total. The molecule has 0 unspecified atom stereocenters. The topological polar surface area (TPSA) is 49.9 Å². The molecule has 102 valence electrons. The molecule has 19 heavy (non-hydrogen) atoms. The summed E-state index contributed by atoms with van der Waals surface area (Å²) in [5.74, 6) is 0.936. The van der Waals surface area contributed by atoms with Crippen LogP contribution in [0.2, 0.25) is 0 Å². The molecule has 2 aromatic rings. The molecule has 0 saturated carbocycles. The fourth-order valence-electron chi connectivity index (χ4n) is 2.22. The number of H-pyrrole nitrogens is 1. The van der Waals surface area contributed by atoms with Gasteiger partial charge < -0.3 is 10.1 Å². The van der Waals surface area contributed by atoms with E-state index in [1.54, 1.807) is 7.11 Å². The van der Waals surface area contributed by atoms with E-state index in [-0.39, 0.29) is 6.04 Å². The summed E-state index contributed by atoms with van der Waals surface area (Å²) >= 11 is 0. The maximum atomic E-state index is 5.43. The lowest BCUT2D eigenvalue weighted by Crippen LogP contribution is -2.21. The molecule has 0 aliphatic rings. The second-order valence-corrected chi connectivity index (χ2v) is 4.60. The Kier molecular flexibility index (Phi) is 4.58. The van der Waals surface area contributed by atoms with E-state index in [9.17, 15) is 0 Å². The van der Waals surface area contributed by atoms with Gasteiger partial charge in [0.15, 0.2) is 0 Å². The molecule has 2 rings (SSSR count). The predicted octanol–water partition coefficient (Wildman–Crippen LogP) is 2.97. The van der Waals surface area contributed by atoms with E-state index in [0.29, 0.717) is 0 Å². The minimum absolute atomic E-state index is 0.283. The highest BCUT2D eigenvalue weighted by atomic mass is 16.5. The van der Waals surface area contributed by atoms with Gasteiger partial charge in [-0.05, 0) is 19.4 Å². The van der Waals surface area contributed by atoms with Crippen molar-refractivity contribution in [2.24, 2.45) is 0 Å². The van der Waals surface area contributed by atoms with E-state index >= 15 is 0 Å². The van der Waals surface area contributed by atoms with Gasteiger partial charge in [0.2, 0.25) is 0 Å². The van der Waals surface area contributed by atoms with Crippen LogP contribution in [-0.2, 0) is 6.54 Å². The molecule has 0 aliphatic carbocycles. The van der Waals surface area contributed by atoms with Gasteiger partial charge in [0.05, 0.1) is 13.3 Å². The second-order valence-electron chi connectivity index (χ2n) is 4.60. The summed E-state index contributed by atoms with van der Waals surface area (Å²) in [6, 6.07) is 8.44. The second kappa shape index (κ2) is 6.38. The van der Waals surface area contributed by atoms with Crippen molar-refractivity contribution >= 4 is 0 Å². The normalized spacial score (nSPS) is 12.4. The minimum atomic E-state index is 0.283. The Labute approximate surface area is 114 Å². The Balaban J connectivity index is 2.10. The van der Waals surface area contributed by atoms with Gasteiger partial charge in [-0.2, -0.15) is 5.10 Å². The fraction of sp³-hybridized carbons (Fsp3) is 0.400. The number of aromatic nitrogens is 2. The molecule has 1 aromatic heterocycles. The van der Waals surface area contributed by atoms with Crippen LogP contribution in [0.25, 0.3) is 0 Å². The van der Waals surface area contributed by atoms with Crippen LogP contribution in [0, 0.1) is 6.92 Å². The smallest absolute Gasteiger partial charge is 0.123 e. The Morgan fingerprint density at radius 2 is 2.16 bits per heavy atom. The highest BCUT2D eigenvalue weighted by molar-refractivity contribution is 5.35. The average Bonchev–Trinajstić information content (AvgIpc) is 2.85. The number of methoxy groups -OCH3 is 1. The zero-order valence-corrected chi connectivity index (χ0v) is 11.7. The zero-order chi connectivity index (χ0) is 13.7. The third kappa shape index (κ3) is 3.15. The van der Waals surface area contributed by atoms with E-state index in [2.05, 4.69) is 28.5 Å². The van der Waals surface area contributed by atoms with Crippen LogP contribution in [-0.4, -0.2) is 17.3 Å². The van der Waals surface area contributed by atoms with Crippen LogP contribution in [0.1, 0.15) is 36.2 Å². The highest BCUT2D eigenvalue weighted by Crippen LogP contribution is 2.27. The summed E-state index contributed by atoms with van der Waals surface area (Å²) in [5.41, 5.74) is 3.52. The van der Waals surface area contributed by atoms with Crippen LogP contribution in [0.3, 0.4) is 0 Å². The molecule has 0 amide bonds. The minimum Gasteiger partial charge on any atom is -0.496 e. The summed E-state index contributed by atoms with van der Waals surface area (Å²) in [6.07, 6.45) is 2.88. The van der Waals surface area contributed by atoms with Gasteiger partial charge in [-0.25, -0.2) is 0 Å². The Hall–Kier alpha value is -1.81. The van der Waals surface area contributed by atoms with Crippen LogP contribution in [0.15, 0.2) is 30.5 Å². The summed E-state index contributed by atoms with van der Waals surface area (Å²) in [7, 11) is 1.71. The fourth-order valence-corrected chi connectivity index (χ4v) is 2.22. The standard InChI is InChI=1S/C15H21N3O/c1-4-14(13-7-5-6-8-15(13)19-3)16-9-12-10-17-18-11(12)2/h5-8,10,14,16H,4,9H2,1-3H3,(H,17,18)/t14-/m0/s1. The number of hydrogen-bond donors (Lipinski definition) is 2. The maximum absolute atomic E-state index is 5.43. The third-order valence-corrected chi connectivity index (χ3v) is 3.40. The van der Waals surface area contributed by atoms with Gasteiger partial charge in [-0.15, -0.1) is 0 Å². The molecule has 0 aliphatic heterocycles. The van der Waals surface area contributed by atoms with Gasteiger partial charge in [0, 0.05) is 29.4 Å². The van der Waals surface area contributed by atoms with Gasteiger partial charge in [-0.3, -0.25) is 5.10 Å². The molecule has 0 spiro atoms. The Bertz CT molecular complexity index is 522. The van der Waals surface area contributed by atoms with Gasteiger partial charge in [0.1, 0.15) is 5.75 Å². The number of benzene rings is 1. The molecule has 4 nitrogen and oxygen atoms in total. The number of hydrogen-bond acceptors (Lipinski definition) is 3. The molecular formula is C15H21N3O. The highest BCUT2D eigenvalue weighted by Gasteiger charge is 2.13. The first-order chi connectivity index (χ1) is 9.26. The van der Waals surface area contributed by atoms with Crippen molar-refractivity contribution in [2.75, 3.05) is 7.11 Å². The number of nitrogens with one attached hydrogen (secondary N) is 2. The number of para-hydroxylation sites is 1. The third-order valence-electron chi connectivity index (χ3n) is 3.40. The summed E-state index contributed by atoms with van der Waals surface area (Å²) in [4.78, 5) is 0. The quantitative estimate of drug-likeness (QED) is 0.838. The molecular weight excluding hydrogens is 238 g/mol. The number of aromatic amines is 1. The van der Waals surface area contributed by atoms with Crippen molar-refractivity contribution in [3.05, 3.63) is 47.3 Å². The lowest BCUT2D eigenvalue weighted by molar-refractivity contribution is 0.396. The van der Waals surface area contributed by atoms with Crippen LogP contribution in [0.4, 0.5) is 0 Å². The zero-order valence-electron chi connectivity index (χ0n) is 11.7. The van der Waals surface area contributed by atoms with Crippen LogP contribution < -0.4 is 10.1 Å². The summed E-state index contributed by atoms with van der Waals surface area (Å²) < 4.78 is 5.43. The van der Waals surface area contributed by atoms with Crippen molar-refractivity contribution < 1.29 is 4.74 Å². The SMILES string of the molecule is CC[C@H](NCc1cn[nH]c1C)c1ccccc1OC. The van der Waals surface area contributed by atoms with E-state index in [4.69, 9.17) is 4.74 Å². The molecule has 1 atom stereocenters. The first-order valence-electron chi connectivity index (χ1n) is 6.61. The summed E-state index contributed by atoms with van der Waals surface area (Å²) in [5, 5.41) is 10.6. The van der Waals surface area contributed by atoms with Gasteiger partial charge >= 0.3 is 0 Å². The number of ether oxygens (including phenoxy) is 1. The van der Waals surface area contributed by atoms with E-state index in [1.807, 2.05) is 31.3 Å². The number of aryl methyl sites for hydroxylation is 1. The summed E-state index contributed by atoms with van der Waals surface area (Å²) in [6.45, 7) is 5.01. The molecule has 0 bridgehead atoms. The lowest BCUT2D eigenvalue weighted by Gasteiger charge is -2.19.